The van der Waals surface area contributed by atoms with Crippen molar-refractivity contribution in [3.63, 3.8) is 0 Å². The van der Waals surface area contributed by atoms with Crippen molar-refractivity contribution < 1.29 is 14.7 Å². The summed E-state index contributed by atoms with van der Waals surface area (Å²) < 4.78 is 0. The first-order valence-corrected chi connectivity index (χ1v) is 7.36. The fourth-order valence-corrected chi connectivity index (χ4v) is 2.73. The minimum atomic E-state index is -0.319. The van der Waals surface area contributed by atoms with E-state index in [1.165, 1.54) is 12.2 Å². The maximum absolute atomic E-state index is 11.7. The van der Waals surface area contributed by atoms with Gasteiger partial charge in [-0.05, 0) is 35.4 Å². The molecule has 1 N–H and O–H groups in total. The van der Waals surface area contributed by atoms with E-state index in [1.807, 2.05) is 24.3 Å². The van der Waals surface area contributed by atoms with E-state index in [1.54, 1.807) is 24.3 Å². The Morgan fingerprint density at radius 2 is 1.22 bits per heavy atom. The third-order valence-corrected chi connectivity index (χ3v) is 4.25. The Morgan fingerprint density at radius 3 is 1.70 bits per heavy atom. The van der Waals surface area contributed by atoms with Gasteiger partial charge in [-0.1, -0.05) is 38.1 Å². The van der Waals surface area contributed by atoms with Gasteiger partial charge in [0, 0.05) is 17.6 Å². The predicted octanol–water partition coefficient (Wildman–Crippen LogP) is 3.15. The molecule has 3 rings (SSSR count). The number of hydrogen-bond acceptors (Lipinski definition) is 3. The fraction of sp³-hybridized carbons (Fsp3) is 0.158. The molecular weight excluding hydrogens is 290 g/mol. The minimum absolute atomic E-state index is 0.235. The number of amides is 2. The van der Waals surface area contributed by atoms with Gasteiger partial charge >= 0.3 is 0 Å². The molecule has 2 amide bonds. The highest BCUT2D eigenvalue weighted by atomic mass is 16.3. The topological polar surface area (TPSA) is 57.6 Å². The predicted molar refractivity (Wildman–Crippen MR) is 88.3 cm³/mol. The first kappa shape index (κ1) is 15.0. The van der Waals surface area contributed by atoms with Gasteiger partial charge in [0.2, 0.25) is 0 Å². The second-order valence-corrected chi connectivity index (χ2v) is 6.06. The largest absolute Gasteiger partial charge is 0.508 e. The molecule has 0 spiro atoms. The number of carbonyl (C=O) groups excluding carboxylic acids is 2. The van der Waals surface area contributed by atoms with Crippen LogP contribution in [0.25, 0.3) is 0 Å². The van der Waals surface area contributed by atoms with Crippen LogP contribution < -0.4 is 4.90 Å². The molecule has 0 aliphatic carbocycles. The van der Waals surface area contributed by atoms with Gasteiger partial charge < -0.3 is 5.11 Å². The third kappa shape index (κ3) is 2.63. The van der Waals surface area contributed by atoms with Crippen LogP contribution in [0.3, 0.4) is 0 Å². The molecule has 0 saturated heterocycles. The first-order chi connectivity index (χ1) is 10.9. The van der Waals surface area contributed by atoms with Crippen LogP contribution in [0.2, 0.25) is 0 Å². The third-order valence-electron chi connectivity index (χ3n) is 4.25. The highest BCUT2D eigenvalue weighted by molar-refractivity contribution is 6.28. The maximum Gasteiger partial charge on any atom is 0.258 e. The summed E-state index contributed by atoms with van der Waals surface area (Å²) in [5, 5.41) is 9.43. The number of hydrogen-bond donors (Lipinski definition) is 1. The summed E-state index contributed by atoms with van der Waals surface area (Å²) >= 11 is 0. The molecular formula is C19H17NO3. The number of aromatic hydroxyl groups is 1. The Hall–Kier alpha value is -2.88. The maximum atomic E-state index is 11.7. The van der Waals surface area contributed by atoms with Crippen molar-refractivity contribution in [3.8, 4) is 5.75 Å². The Balaban J connectivity index is 1.91. The van der Waals surface area contributed by atoms with E-state index in [2.05, 4.69) is 13.8 Å². The van der Waals surface area contributed by atoms with E-state index in [0.29, 0.717) is 5.69 Å². The average Bonchev–Trinajstić information content (AvgIpc) is 2.87. The molecule has 0 atom stereocenters. The zero-order valence-corrected chi connectivity index (χ0v) is 13.0. The molecule has 1 aliphatic rings. The Morgan fingerprint density at radius 1 is 0.783 bits per heavy atom. The smallest absolute Gasteiger partial charge is 0.258 e. The minimum Gasteiger partial charge on any atom is -0.508 e. The van der Waals surface area contributed by atoms with E-state index >= 15 is 0 Å². The lowest BCUT2D eigenvalue weighted by Crippen LogP contribution is -2.29. The van der Waals surface area contributed by atoms with Gasteiger partial charge in [-0.15, -0.1) is 0 Å². The van der Waals surface area contributed by atoms with Gasteiger partial charge in [0.25, 0.3) is 11.8 Å². The second kappa shape index (κ2) is 5.39. The lowest BCUT2D eigenvalue weighted by molar-refractivity contribution is -0.119. The van der Waals surface area contributed by atoms with Gasteiger partial charge in [0.1, 0.15) is 5.75 Å². The van der Waals surface area contributed by atoms with Crippen LogP contribution in [0, 0.1) is 0 Å². The van der Waals surface area contributed by atoms with Crippen LogP contribution >= 0.6 is 0 Å². The number of phenols is 1. The van der Waals surface area contributed by atoms with Gasteiger partial charge in [0.05, 0.1) is 5.69 Å². The lowest BCUT2D eigenvalue weighted by atomic mass is 9.78. The monoisotopic (exact) mass is 307 g/mol. The molecule has 2 aromatic rings. The van der Waals surface area contributed by atoms with E-state index in [9.17, 15) is 14.7 Å². The standard InChI is InChI=1S/C19H17NO3/c1-19(2,14-5-9-16(21)10-6-14)13-3-7-15(8-4-13)20-17(22)11-12-18(20)23/h3-12,21H,1-2H3. The lowest BCUT2D eigenvalue weighted by Gasteiger charge is -2.27. The molecule has 1 aliphatic heterocycles. The van der Waals surface area contributed by atoms with Gasteiger partial charge in [-0.3, -0.25) is 9.59 Å². The highest BCUT2D eigenvalue weighted by Gasteiger charge is 2.27. The van der Waals surface area contributed by atoms with Crippen LogP contribution in [0.5, 0.6) is 5.75 Å². The van der Waals surface area contributed by atoms with E-state index in [0.717, 1.165) is 16.0 Å². The van der Waals surface area contributed by atoms with Crippen LogP contribution in [0.1, 0.15) is 25.0 Å². The number of nitrogens with zero attached hydrogens (tertiary/aromatic N) is 1. The molecule has 4 heteroatoms. The van der Waals surface area contributed by atoms with Crippen molar-refractivity contribution in [1.29, 1.82) is 0 Å². The molecule has 1 heterocycles. The van der Waals surface area contributed by atoms with Crippen molar-refractivity contribution in [1.82, 2.24) is 0 Å². The average molecular weight is 307 g/mol. The van der Waals surface area contributed by atoms with E-state index < -0.39 is 0 Å². The quantitative estimate of drug-likeness (QED) is 0.886. The number of imide groups is 1. The van der Waals surface area contributed by atoms with E-state index in [4.69, 9.17) is 0 Å². The number of carbonyl (C=O) groups is 2. The summed E-state index contributed by atoms with van der Waals surface area (Å²) in [6, 6.07) is 14.5. The van der Waals surface area contributed by atoms with Crippen molar-refractivity contribution in [2.24, 2.45) is 0 Å². The Bertz CT molecular complexity index is 768. The van der Waals surface area contributed by atoms with E-state index in [-0.39, 0.29) is 23.0 Å². The molecule has 116 valence electrons. The van der Waals surface area contributed by atoms with Crippen LogP contribution in [0.15, 0.2) is 60.7 Å². The zero-order valence-electron chi connectivity index (χ0n) is 13.0. The van der Waals surface area contributed by atoms with Gasteiger partial charge in [-0.2, -0.15) is 0 Å². The first-order valence-electron chi connectivity index (χ1n) is 7.36. The Labute approximate surface area is 134 Å². The molecule has 2 aromatic carbocycles. The molecule has 23 heavy (non-hydrogen) atoms. The summed E-state index contributed by atoms with van der Waals surface area (Å²) in [6.07, 6.45) is 2.55. The summed E-state index contributed by atoms with van der Waals surface area (Å²) in [5.41, 5.74) is 2.43. The number of benzene rings is 2. The van der Waals surface area contributed by atoms with Crippen LogP contribution in [-0.2, 0) is 15.0 Å². The molecule has 0 saturated carbocycles. The summed E-state index contributed by atoms with van der Waals surface area (Å²) in [4.78, 5) is 24.6. The van der Waals surface area contributed by atoms with Gasteiger partial charge in [0.15, 0.2) is 0 Å². The zero-order chi connectivity index (χ0) is 16.6. The molecule has 0 aromatic heterocycles. The number of phenolic OH excluding ortho intramolecular Hbond substituents is 1. The molecule has 0 bridgehead atoms. The molecule has 0 unspecified atom stereocenters. The van der Waals surface area contributed by atoms with Crippen LogP contribution in [0.4, 0.5) is 5.69 Å². The number of anilines is 1. The van der Waals surface area contributed by atoms with Crippen molar-refractivity contribution in [2.75, 3.05) is 4.90 Å². The van der Waals surface area contributed by atoms with Crippen molar-refractivity contribution >= 4 is 17.5 Å². The SMILES string of the molecule is CC(C)(c1ccc(O)cc1)c1ccc(N2C(=O)C=CC2=O)cc1. The Kier molecular flexibility index (Phi) is 3.52. The highest BCUT2D eigenvalue weighted by Crippen LogP contribution is 2.33. The fourth-order valence-electron chi connectivity index (χ4n) is 2.73. The number of rotatable bonds is 3. The summed E-state index contributed by atoms with van der Waals surface area (Å²) in [5.74, 6) is -0.403. The molecule has 4 nitrogen and oxygen atoms in total. The van der Waals surface area contributed by atoms with Crippen molar-refractivity contribution in [3.05, 3.63) is 71.8 Å². The van der Waals surface area contributed by atoms with Crippen LogP contribution in [-0.4, -0.2) is 16.9 Å². The molecule has 0 radical (unpaired) electrons. The normalized spacial score (nSPS) is 14.6. The van der Waals surface area contributed by atoms with Gasteiger partial charge in [-0.25, -0.2) is 4.90 Å². The molecule has 0 fully saturated rings. The second-order valence-electron chi connectivity index (χ2n) is 6.06. The van der Waals surface area contributed by atoms with Crippen molar-refractivity contribution in [2.45, 2.75) is 19.3 Å². The summed E-state index contributed by atoms with van der Waals surface area (Å²) in [6.45, 7) is 4.17. The summed E-state index contributed by atoms with van der Waals surface area (Å²) in [7, 11) is 0.